The second-order valence-electron chi connectivity index (χ2n) is 6.17. The Labute approximate surface area is 133 Å². The van der Waals surface area contributed by atoms with Crippen molar-refractivity contribution >= 4 is 11.7 Å². The molecule has 2 saturated heterocycles. The van der Waals surface area contributed by atoms with Crippen LogP contribution in [0.4, 0.5) is 19.0 Å². The third-order valence-corrected chi connectivity index (χ3v) is 4.61. The van der Waals surface area contributed by atoms with E-state index in [-0.39, 0.29) is 11.8 Å². The summed E-state index contributed by atoms with van der Waals surface area (Å²) in [5.74, 6) is 0.543. The number of anilines is 1. The van der Waals surface area contributed by atoms with Crippen molar-refractivity contribution in [2.45, 2.75) is 31.9 Å². The number of hydrogen-bond acceptors (Lipinski definition) is 3. The Kier molecular flexibility index (Phi) is 4.46. The number of amides is 1. The molecule has 7 heteroatoms. The van der Waals surface area contributed by atoms with Crippen LogP contribution in [0.15, 0.2) is 18.2 Å². The molecule has 0 N–H and O–H groups in total. The first kappa shape index (κ1) is 16.1. The van der Waals surface area contributed by atoms with E-state index < -0.39 is 11.9 Å². The first-order chi connectivity index (χ1) is 10.9. The van der Waals surface area contributed by atoms with Gasteiger partial charge in [-0.1, -0.05) is 6.07 Å². The zero-order valence-electron chi connectivity index (χ0n) is 12.9. The fraction of sp³-hybridized carbons (Fsp3) is 0.625. The van der Waals surface area contributed by atoms with Crippen LogP contribution in [0.25, 0.3) is 0 Å². The lowest BCUT2D eigenvalue weighted by Gasteiger charge is -2.34. The van der Waals surface area contributed by atoms with Gasteiger partial charge in [-0.3, -0.25) is 4.79 Å². The van der Waals surface area contributed by atoms with E-state index in [9.17, 15) is 18.0 Å². The summed E-state index contributed by atoms with van der Waals surface area (Å²) in [5, 5.41) is 0. The van der Waals surface area contributed by atoms with Crippen molar-refractivity contribution in [1.29, 1.82) is 0 Å². The predicted octanol–water partition coefficient (Wildman–Crippen LogP) is 2.94. The lowest BCUT2D eigenvalue weighted by atomic mass is 9.95. The lowest BCUT2D eigenvalue weighted by molar-refractivity contribution is -0.141. The second-order valence-corrected chi connectivity index (χ2v) is 6.17. The summed E-state index contributed by atoms with van der Waals surface area (Å²) < 4.78 is 38.2. The number of rotatable bonds is 2. The Morgan fingerprint density at radius 1 is 1.09 bits per heavy atom. The molecule has 3 heterocycles. The van der Waals surface area contributed by atoms with Crippen LogP contribution in [0, 0.1) is 5.92 Å². The van der Waals surface area contributed by atoms with Gasteiger partial charge in [-0.15, -0.1) is 0 Å². The van der Waals surface area contributed by atoms with Crippen molar-refractivity contribution in [2.75, 3.05) is 31.1 Å². The zero-order chi connectivity index (χ0) is 16.4. The first-order valence-corrected chi connectivity index (χ1v) is 8.03. The highest BCUT2D eigenvalue weighted by Crippen LogP contribution is 2.30. The summed E-state index contributed by atoms with van der Waals surface area (Å²) in [5.41, 5.74) is -0.870. The number of carbonyl (C=O) groups is 1. The Morgan fingerprint density at radius 2 is 1.74 bits per heavy atom. The summed E-state index contributed by atoms with van der Waals surface area (Å²) >= 11 is 0. The number of alkyl halides is 3. The molecular formula is C16H20F3N3O. The average molecular weight is 327 g/mol. The molecule has 0 atom stereocenters. The Morgan fingerprint density at radius 3 is 2.35 bits per heavy atom. The highest BCUT2D eigenvalue weighted by molar-refractivity contribution is 5.79. The second kappa shape index (κ2) is 6.37. The fourth-order valence-corrected chi connectivity index (χ4v) is 3.31. The Bertz CT molecular complexity index is 562. The molecule has 0 saturated carbocycles. The minimum absolute atomic E-state index is 0.00449. The van der Waals surface area contributed by atoms with Crippen LogP contribution in [0.3, 0.4) is 0 Å². The summed E-state index contributed by atoms with van der Waals surface area (Å²) in [7, 11) is 0. The van der Waals surface area contributed by atoms with Crippen LogP contribution in [0.1, 0.15) is 31.4 Å². The van der Waals surface area contributed by atoms with Gasteiger partial charge < -0.3 is 9.80 Å². The summed E-state index contributed by atoms with van der Waals surface area (Å²) in [4.78, 5) is 19.8. The predicted molar refractivity (Wildman–Crippen MR) is 80.0 cm³/mol. The van der Waals surface area contributed by atoms with Crippen molar-refractivity contribution < 1.29 is 18.0 Å². The standard InChI is InChI=1S/C16H20F3N3O/c17-16(18,19)13-4-3-5-14(20-13)21-10-6-12(7-11-21)15(23)22-8-1-2-9-22/h3-5,12H,1-2,6-11H2. The number of hydrogen-bond donors (Lipinski definition) is 0. The zero-order valence-corrected chi connectivity index (χ0v) is 12.9. The smallest absolute Gasteiger partial charge is 0.357 e. The van der Waals surface area contributed by atoms with Crippen molar-refractivity contribution in [3.05, 3.63) is 23.9 Å². The number of nitrogens with zero attached hydrogens (tertiary/aromatic N) is 3. The van der Waals surface area contributed by atoms with Crippen molar-refractivity contribution in [1.82, 2.24) is 9.88 Å². The topological polar surface area (TPSA) is 36.4 Å². The minimum Gasteiger partial charge on any atom is -0.357 e. The Hall–Kier alpha value is -1.79. The third-order valence-electron chi connectivity index (χ3n) is 4.61. The monoisotopic (exact) mass is 327 g/mol. The highest BCUT2D eigenvalue weighted by Gasteiger charge is 2.34. The van der Waals surface area contributed by atoms with Crippen LogP contribution >= 0.6 is 0 Å². The van der Waals surface area contributed by atoms with Gasteiger partial charge in [-0.05, 0) is 37.8 Å². The molecule has 0 spiro atoms. The van der Waals surface area contributed by atoms with E-state index in [4.69, 9.17) is 0 Å². The molecule has 1 aromatic rings. The van der Waals surface area contributed by atoms with E-state index in [0.717, 1.165) is 32.0 Å². The van der Waals surface area contributed by atoms with Gasteiger partial charge in [0.2, 0.25) is 5.91 Å². The van der Waals surface area contributed by atoms with Gasteiger partial charge in [-0.2, -0.15) is 13.2 Å². The Balaban J connectivity index is 1.61. The maximum Gasteiger partial charge on any atom is 0.433 e. The van der Waals surface area contributed by atoms with Gasteiger partial charge in [0.15, 0.2) is 0 Å². The summed E-state index contributed by atoms with van der Waals surface area (Å²) in [6.45, 7) is 2.82. The van der Waals surface area contributed by atoms with E-state index in [1.807, 2.05) is 9.80 Å². The molecule has 0 aliphatic carbocycles. The molecule has 2 aliphatic heterocycles. The molecule has 1 aromatic heterocycles. The molecule has 0 bridgehead atoms. The van der Waals surface area contributed by atoms with Gasteiger partial charge in [-0.25, -0.2) is 4.98 Å². The van der Waals surface area contributed by atoms with Crippen LogP contribution in [-0.4, -0.2) is 42.0 Å². The van der Waals surface area contributed by atoms with Crippen LogP contribution < -0.4 is 4.90 Å². The number of aromatic nitrogens is 1. The third kappa shape index (κ3) is 3.59. The molecule has 0 unspecified atom stereocenters. The van der Waals surface area contributed by atoms with Crippen LogP contribution in [-0.2, 0) is 11.0 Å². The molecule has 3 rings (SSSR count). The van der Waals surface area contributed by atoms with Gasteiger partial charge in [0.1, 0.15) is 11.5 Å². The van der Waals surface area contributed by atoms with E-state index in [1.54, 1.807) is 6.07 Å². The van der Waals surface area contributed by atoms with Gasteiger partial charge in [0.25, 0.3) is 0 Å². The number of likely N-dealkylation sites (tertiary alicyclic amines) is 1. The molecule has 4 nitrogen and oxygen atoms in total. The SMILES string of the molecule is O=C(C1CCN(c2cccc(C(F)(F)F)n2)CC1)N1CCCC1. The molecule has 2 fully saturated rings. The quantitative estimate of drug-likeness (QED) is 0.838. The van der Waals surface area contributed by atoms with E-state index in [1.165, 1.54) is 6.07 Å². The largest absolute Gasteiger partial charge is 0.433 e. The molecule has 1 amide bonds. The molecule has 126 valence electrons. The van der Waals surface area contributed by atoms with Crippen molar-refractivity contribution in [3.63, 3.8) is 0 Å². The molecule has 23 heavy (non-hydrogen) atoms. The van der Waals surface area contributed by atoms with Gasteiger partial charge in [0, 0.05) is 32.1 Å². The van der Waals surface area contributed by atoms with E-state index in [0.29, 0.717) is 31.7 Å². The van der Waals surface area contributed by atoms with Crippen LogP contribution in [0.5, 0.6) is 0 Å². The van der Waals surface area contributed by atoms with E-state index >= 15 is 0 Å². The van der Waals surface area contributed by atoms with Crippen molar-refractivity contribution in [3.8, 4) is 0 Å². The van der Waals surface area contributed by atoms with Gasteiger partial charge in [0.05, 0.1) is 0 Å². The number of pyridine rings is 1. The maximum atomic E-state index is 12.7. The fourth-order valence-electron chi connectivity index (χ4n) is 3.31. The summed E-state index contributed by atoms with van der Waals surface area (Å²) in [6, 6.07) is 3.96. The summed E-state index contributed by atoms with van der Waals surface area (Å²) in [6.07, 6.45) is -0.946. The van der Waals surface area contributed by atoms with Crippen LogP contribution in [0.2, 0.25) is 0 Å². The van der Waals surface area contributed by atoms with E-state index in [2.05, 4.69) is 4.98 Å². The molecule has 0 radical (unpaired) electrons. The lowest BCUT2D eigenvalue weighted by Crippen LogP contribution is -2.42. The minimum atomic E-state index is -4.43. The highest BCUT2D eigenvalue weighted by atomic mass is 19.4. The van der Waals surface area contributed by atoms with Gasteiger partial charge >= 0.3 is 6.18 Å². The van der Waals surface area contributed by atoms with Crippen molar-refractivity contribution in [2.24, 2.45) is 5.92 Å². The molecule has 0 aromatic carbocycles. The number of carbonyl (C=O) groups excluding carboxylic acids is 1. The normalized spacial score (nSPS) is 20.1. The maximum absolute atomic E-state index is 12.7. The first-order valence-electron chi connectivity index (χ1n) is 8.03. The molecule has 2 aliphatic rings. The molecular weight excluding hydrogens is 307 g/mol. The number of halogens is 3. The average Bonchev–Trinajstić information content (AvgIpc) is 3.08. The number of piperidine rings is 1.